The summed E-state index contributed by atoms with van der Waals surface area (Å²) in [4.78, 5) is 25.5. The lowest BCUT2D eigenvalue weighted by Crippen LogP contribution is -2.25. The van der Waals surface area contributed by atoms with Crippen molar-refractivity contribution < 1.29 is 18.7 Å². The molecule has 0 aliphatic rings. The van der Waals surface area contributed by atoms with Crippen LogP contribution in [0.25, 0.3) is 11.0 Å². The lowest BCUT2D eigenvalue weighted by atomic mass is 10.1. The Morgan fingerprint density at radius 1 is 1.15 bits per heavy atom. The van der Waals surface area contributed by atoms with Gasteiger partial charge in [-0.15, -0.1) is 0 Å². The van der Waals surface area contributed by atoms with Crippen LogP contribution in [0, 0.1) is 6.92 Å². The fraction of sp³-hybridized carbons (Fsp3) is 0.158. The van der Waals surface area contributed by atoms with Gasteiger partial charge in [0.15, 0.2) is 5.76 Å². The molecule has 1 heterocycles. The molecule has 0 saturated heterocycles. The Labute approximate surface area is 158 Å². The molecule has 2 aromatic carbocycles. The number of methoxy groups -OCH3 is 1. The van der Waals surface area contributed by atoms with Crippen molar-refractivity contribution in [2.45, 2.75) is 6.92 Å². The predicted molar refractivity (Wildman–Crippen MR) is 104 cm³/mol. The molecule has 3 rings (SSSR count). The minimum atomic E-state index is -0.467. The quantitative estimate of drug-likeness (QED) is 0.654. The van der Waals surface area contributed by atoms with Gasteiger partial charge in [0.2, 0.25) is 0 Å². The largest absolute Gasteiger partial charge is 0.452 e. The molecule has 1 aromatic heterocycles. The van der Waals surface area contributed by atoms with E-state index < -0.39 is 6.09 Å². The normalized spacial score (nSPS) is 10.6. The molecule has 0 fully saturated rings. The molecule has 1 N–H and O–H groups in total. The molecule has 7 heteroatoms. The maximum atomic E-state index is 12.6. The second kappa shape index (κ2) is 7.21. The van der Waals surface area contributed by atoms with E-state index in [1.165, 1.54) is 12.0 Å². The van der Waals surface area contributed by atoms with Gasteiger partial charge in [0.05, 0.1) is 7.11 Å². The van der Waals surface area contributed by atoms with Crippen molar-refractivity contribution in [2.24, 2.45) is 0 Å². The van der Waals surface area contributed by atoms with Gasteiger partial charge in [0.1, 0.15) is 5.58 Å². The number of fused-ring (bicyclic) bond motifs is 1. The van der Waals surface area contributed by atoms with Gasteiger partial charge in [-0.3, -0.25) is 9.69 Å². The van der Waals surface area contributed by atoms with Crippen LogP contribution >= 0.6 is 15.9 Å². The first-order chi connectivity index (χ1) is 12.4. The molecule has 0 bridgehead atoms. The Balaban J connectivity index is 1.80. The van der Waals surface area contributed by atoms with Crippen molar-refractivity contribution in [3.8, 4) is 0 Å². The lowest BCUT2D eigenvalue weighted by Gasteiger charge is -2.15. The van der Waals surface area contributed by atoms with Gasteiger partial charge in [-0.05, 0) is 49.4 Å². The molecule has 0 unspecified atom stereocenters. The van der Waals surface area contributed by atoms with Gasteiger partial charge >= 0.3 is 6.09 Å². The maximum Gasteiger partial charge on any atom is 0.413 e. The third-order valence-electron chi connectivity index (χ3n) is 4.07. The number of halogens is 1. The fourth-order valence-corrected chi connectivity index (χ4v) is 2.97. The molecule has 0 atom stereocenters. The Morgan fingerprint density at radius 2 is 1.85 bits per heavy atom. The third kappa shape index (κ3) is 3.43. The second-order valence-corrected chi connectivity index (χ2v) is 6.64. The van der Waals surface area contributed by atoms with E-state index in [2.05, 4.69) is 26.0 Å². The van der Waals surface area contributed by atoms with Crippen LogP contribution in [0.5, 0.6) is 0 Å². The molecule has 0 spiro atoms. The number of carbonyl (C=O) groups excluding carboxylic acids is 2. The zero-order valence-electron chi connectivity index (χ0n) is 14.5. The van der Waals surface area contributed by atoms with Crippen LogP contribution in [0.4, 0.5) is 16.2 Å². The van der Waals surface area contributed by atoms with Gasteiger partial charge in [-0.1, -0.05) is 15.9 Å². The van der Waals surface area contributed by atoms with Crippen LogP contribution in [-0.4, -0.2) is 26.2 Å². The number of furan rings is 1. The highest BCUT2D eigenvalue weighted by molar-refractivity contribution is 9.10. The minimum Gasteiger partial charge on any atom is -0.452 e. The summed E-state index contributed by atoms with van der Waals surface area (Å²) < 4.78 is 11.3. The van der Waals surface area contributed by atoms with Crippen LogP contribution in [0.3, 0.4) is 0 Å². The molecule has 0 aliphatic carbocycles. The SMILES string of the molecule is COC(=O)N(C)c1ccc(NC(=O)c2oc3ccc(Br)cc3c2C)cc1. The highest BCUT2D eigenvalue weighted by atomic mass is 79.9. The number of rotatable bonds is 3. The summed E-state index contributed by atoms with van der Waals surface area (Å²) >= 11 is 3.42. The monoisotopic (exact) mass is 416 g/mol. The van der Waals surface area contributed by atoms with Crippen molar-refractivity contribution in [1.82, 2.24) is 0 Å². The maximum absolute atomic E-state index is 12.6. The summed E-state index contributed by atoms with van der Waals surface area (Å²) in [6.07, 6.45) is -0.467. The molecule has 0 aliphatic heterocycles. The van der Waals surface area contributed by atoms with E-state index in [0.29, 0.717) is 17.0 Å². The summed E-state index contributed by atoms with van der Waals surface area (Å²) in [5.41, 5.74) is 2.68. The van der Waals surface area contributed by atoms with Crippen LogP contribution in [-0.2, 0) is 4.74 Å². The van der Waals surface area contributed by atoms with Crippen molar-refractivity contribution in [3.63, 3.8) is 0 Å². The van der Waals surface area contributed by atoms with Crippen molar-refractivity contribution in [1.29, 1.82) is 0 Å². The van der Waals surface area contributed by atoms with E-state index in [1.54, 1.807) is 31.3 Å². The molecule has 2 amide bonds. The molecular weight excluding hydrogens is 400 g/mol. The highest BCUT2D eigenvalue weighted by Crippen LogP contribution is 2.28. The minimum absolute atomic E-state index is 0.272. The standard InChI is InChI=1S/C19H17BrN2O4/c1-11-15-10-12(20)4-9-16(15)26-17(11)18(23)21-13-5-7-14(8-6-13)22(2)19(24)25-3/h4-10H,1-3H3,(H,21,23). The average Bonchev–Trinajstić information content (AvgIpc) is 2.97. The Morgan fingerprint density at radius 3 is 2.50 bits per heavy atom. The topological polar surface area (TPSA) is 71.8 Å². The zero-order valence-corrected chi connectivity index (χ0v) is 16.1. The van der Waals surface area contributed by atoms with E-state index in [1.807, 2.05) is 25.1 Å². The number of ether oxygens (including phenoxy) is 1. The van der Waals surface area contributed by atoms with Crippen LogP contribution in [0.2, 0.25) is 0 Å². The van der Waals surface area contributed by atoms with E-state index in [0.717, 1.165) is 15.4 Å². The van der Waals surface area contributed by atoms with Crippen molar-refractivity contribution in [3.05, 3.63) is 58.3 Å². The van der Waals surface area contributed by atoms with E-state index in [9.17, 15) is 9.59 Å². The highest BCUT2D eigenvalue weighted by Gasteiger charge is 2.18. The van der Waals surface area contributed by atoms with Gasteiger partial charge in [0, 0.05) is 33.8 Å². The molecule has 0 saturated carbocycles. The number of aryl methyl sites for hydroxylation is 1. The van der Waals surface area contributed by atoms with E-state index in [-0.39, 0.29) is 11.7 Å². The first-order valence-electron chi connectivity index (χ1n) is 7.82. The third-order valence-corrected chi connectivity index (χ3v) is 4.56. The summed E-state index contributed by atoms with van der Waals surface area (Å²) in [5, 5.41) is 3.69. The number of hydrogen-bond donors (Lipinski definition) is 1. The number of anilines is 2. The molecular formula is C19H17BrN2O4. The number of hydrogen-bond acceptors (Lipinski definition) is 4. The average molecular weight is 417 g/mol. The fourth-order valence-electron chi connectivity index (χ4n) is 2.61. The summed E-state index contributed by atoms with van der Waals surface area (Å²) in [6, 6.07) is 12.5. The summed E-state index contributed by atoms with van der Waals surface area (Å²) in [5.74, 6) is -0.0576. The summed E-state index contributed by atoms with van der Waals surface area (Å²) in [7, 11) is 2.93. The number of carbonyl (C=O) groups is 2. The van der Waals surface area contributed by atoms with Crippen molar-refractivity contribution in [2.75, 3.05) is 24.4 Å². The molecule has 3 aromatic rings. The molecule has 0 radical (unpaired) electrons. The summed E-state index contributed by atoms with van der Waals surface area (Å²) in [6.45, 7) is 1.85. The number of nitrogens with one attached hydrogen (secondary N) is 1. The van der Waals surface area contributed by atoms with Gasteiger partial charge in [-0.2, -0.15) is 0 Å². The van der Waals surface area contributed by atoms with E-state index >= 15 is 0 Å². The smallest absolute Gasteiger partial charge is 0.413 e. The Kier molecular flexibility index (Phi) is 4.99. The predicted octanol–water partition coefficient (Wildman–Crippen LogP) is 4.96. The van der Waals surface area contributed by atoms with Crippen LogP contribution < -0.4 is 10.2 Å². The van der Waals surface area contributed by atoms with Gasteiger partial charge in [-0.25, -0.2) is 4.79 Å². The second-order valence-electron chi connectivity index (χ2n) is 5.73. The van der Waals surface area contributed by atoms with Crippen LogP contribution in [0.15, 0.2) is 51.4 Å². The number of benzene rings is 2. The van der Waals surface area contributed by atoms with E-state index in [4.69, 9.17) is 4.42 Å². The Hall–Kier alpha value is -2.80. The lowest BCUT2D eigenvalue weighted by molar-refractivity contribution is 0.0998. The Bertz CT molecular complexity index is 979. The zero-order chi connectivity index (χ0) is 18.8. The molecule has 26 heavy (non-hydrogen) atoms. The number of nitrogens with zero attached hydrogens (tertiary/aromatic N) is 1. The van der Waals surface area contributed by atoms with Crippen LogP contribution in [0.1, 0.15) is 16.1 Å². The number of amides is 2. The molecule has 6 nitrogen and oxygen atoms in total. The molecule has 134 valence electrons. The van der Waals surface area contributed by atoms with Gasteiger partial charge < -0.3 is 14.5 Å². The first kappa shape index (κ1) is 18.0. The van der Waals surface area contributed by atoms with Gasteiger partial charge in [0.25, 0.3) is 5.91 Å². The van der Waals surface area contributed by atoms with Crippen molar-refractivity contribution >= 4 is 50.3 Å². The first-order valence-corrected chi connectivity index (χ1v) is 8.61.